The van der Waals surface area contributed by atoms with E-state index in [0.29, 0.717) is 5.56 Å². The third-order valence-electron chi connectivity index (χ3n) is 4.88. The van der Waals surface area contributed by atoms with Crippen molar-refractivity contribution in [3.8, 4) is 11.3 Å². The van der Waals surface area contributed by atoms with Crippen molar-refractivity contribution in [1.29, 1.82) is 0 Å². The van der Waals surface area contributed by atoms with Crippen molar-refractivity contribution < 1.29 is 14.5 Å². The van der Waals surface area contributed by atoms with Crippen LogP contribution in [-0.4, -0.2) is 0 Å². The summed E-state index contributed by atoms with van der Waals surface area (Å²) >= 11 is 0. The van der Waals surface area contributed by atoms with E-state index in [2.05, 4.69) is 19.1 Å². The predicted octanol–water partition coefficient (Wildman–Crippen LogP) is 5.82. The molecule has 0 aliphatic rings. The van der Waals surface area contributed by atoms with Crippen LogP contribution in [0, 0.1) is 13.8 Å². The van der Waals surface area contributed by atoms with Gasteiger partial charge in [-0.1, -0.05) is 38.0 Å². The molecule has 0 N–H and O–H groups in total. The Morgan fingerprint density at radius 1 is 1.12 bits per heavy atom. The van der Waals surface area contributed by atoms with E-state index in [4.69, 9.17) is 9.90 Å². The molecule has 2 aromatic carbocycles. The van der Waals surface area contributed by atoms with Gasteiger partial charge in [-0.05, 0) is 42.5 Å². The summed E-state index contributed by atoms with van der Waals surface area (Å²) in [5.74, 6) is -1.71. The van der Waals surface area contributed by atoms with E-state index in [1.165, 1.54) is 6.92 Å². The molecule has 0 saturated heterocycles. The number of benzene rings is 2. The van der Waals surface area contributed by atoms with E-state index in [1.54, 1.807) is 6.07 Å². The molecule has 4 rings (SSSR count). The van der Waals surface area contributed by atoms with Gasteiger partial charge in [-0.3, -0.25) is 0 Å². The highest BCUT2D eigenvalue weighted by Crippen LogP contribution is 2.39. The molecule has 2 heteroatoms. The number of hydrogen-bond donors (Lipinski definition) is 0. The van der Waals surface area contributed by atoms with Crippen molar-refractivity contribution in [2.24, 2.45) is 7.05 Å². The Kier molecular flexibility index (Phi) is 2.72. The number of para-hydroxylation sites is 1. The minimum Gasteiger partial charge on any atom is -0.455 e. The fraction of sp³-hybridized carbons (Fsp3) is 0.261. The van der Waals surface area contributed by atoms with Gasteiger partial charge < -0.3 is 4.42 Å². The zero-order chi connectivity index (χ0) is 21.1. The highest BCUT2D eigenvalue weighted by atomic mass is 16.3. The van der Waals surface area contributed by atoms with Crippen LogP contribution in [0.4, 0.5) is 0 Å². The summed E-state index contributed by atoms with van der Waals surface area (Å²) in [5.41, 5.74) is 6.00. The summed E-state index contributed by atoms with van der Waals surface area (Å²) in [6.45, 7) is 3.12. The van der Waals surface area contributed by atoms with Crippen LogP contribution in [0.5, 0.6) is 0 Å². The van der Waals surface area contributed by atoms with Crippen LogP contribution in [-0.2, 0) is 7.05 Å². The minimum absolute atomic E-state index is 0.454. The number of hydrogen-bond acceptors (Lipinski definition) is 1. The van der Waals surface area contributed by atoms with Crippen molar-refractivity contribution in [3.63, 3.8) is 0 Å². The molecule has 0 saturated carbocycles. The number of pyridine rings is 1. The number of aromatic nitrogens is 1. The molecule has 0 spiro atoms. The average Bonchev–Trinajstić information content (AvgIpc) is 3.01. The van der Waals surface area contributed by atoms with Crippen LogP contribution >= 0.6 is 0 Å². The van der Waals surface area contributed by atoms with Crippen LogP contribution in [0.15, 0.2) is 53.1 Å². The lowest BCUT2D eigenvalue weighted by atomic mass is 9.95. The molecular weight excluding hydrogens is 306 g/mol. The van der Waals surface area contributed by atoms with Crippen LogP contribution < -0.4 is 4.57 Å². The normalized spacial score (nSPS) is 17.0. The van der Waals surface area contributed by atoms with Crippen molar-refractivity contribution in [2.45, 2.75) is 33.5 Å². The van der Waals surface area contributed by atoms with Gasteiger partial charge >= 0.3 is 0 Å². The molecule has 25 heavy (non-hydrogen) atoms. The maximum absolute atomic E-state index is 8.49. The predicted molar refractivity (Wildman–Crippen MR) is 104 cm³/mol. The molecule has 0 aliphatic carbocycles. The van der Waals surface area contributed by atoms with Crippen molar-refractivity contribution in [3.05, 3.63) is 65.4 Å². The van der Waals surface area contributed by atoms with Gasteiger partial charge in [0.2, 0.25) is 5.69 Å². The van der Waals surface area contributed by atoms with Gasteiger partial charge in [-0.15, -0.1) is 0 Å². The number of furan rings is 1. The molecule has 1 atom stereocenters. The third-order valence-corrected chi connectivity index (χ3v) is 4.88. The molecule has 0 fully saturated rings. The van der Waals surface area contributed by atoms with E-state index in [-0.39, 0.29) is 0 Å². The summed E-state index contributed by atoms with van der Waals surface area (Å²) in [6.07, 6.45) is 1.82. The summed E-state index contributed by atoms with van der Waals surface area (Å²) in [7, 11) is 1.92. The number of aryl methyl sites for hydroxylation is 3. The van der Waals surface area contributed by atoms with Gasteiger partial charge in [0.05, 0.1) is 5.56 Å². The first-order valence-electron chi connectivity index (χ1n) is 10.4. The largest absolute Gasteiger partial charge is 0.455 e. The van der Waals surface area contributed by atoms with E-state index < -0.39 is 12.7 Å². The average molecular weight is 334 g/mol. The summed E-state index contributed by atoms with van der Waals surface area (Å²) < 4.78 is 40.1. The lowest BCUT2D eigenvalue weighted by Gasteiger charge is -2.10. The van der Waals surface area contributed by atoms with E-state index in [0.717, 1.165) is 44.3 Å². The number of fused-ring (bicyclic) bond motifs is 3. The lowest BCUT2D eigenvalue weighted by Crippen LogP contribution is -2.31. The smallest absolute Gasteiger partial charge is 0.216 e. The molecule has 0 bridgehead atoms. The first-order chi connectivity index (χ1) is 13.5. The number of rotatable bonds is 2. The molecule has 2 nitrogen and oxygen atoms in total. The topological polar surface area (TPSA) is 17.0 Å². The molecule has 0 amide bonds. The second kappa shape index (κ2) is 5.73. The second-order valence-electron chi connectivity index (χ2n) is 6.72. The summed E-state index contributed by atoms with van der Waals surface area (Å²) in [4.78, 5) is 0. The Morgan fingerprint density at radius 2 is 1.92 bits per heavy atom. The second-order valence-corrected chi connectivity index (χ2v) is 6.72. The van der Waals surface area contributed by atoms with Gasteiger partial charge in [0.1, 0.15) is 18.2 Å². The highest BCUT2D eigenvalue weighted by Gasteiger charge is 2.22. The first-order valence-corrected chi connectivity index (χ1v) is 8.44. The van der Waals surface area contributed by atoms with Crippen molar-refractivity contribution in [1.82, 2.24) is 0 Å². The Hall–Kier alpha value is -2.61. The van der Waals surface area contributed by atoms with Gasteiger partial charge in [0.25, 0.3) is 0 Å². The van der Waals surface area contributed by atoms with E-state index in [9.17, 15) is 0 Å². The van der Waals surface area contributed by atoms with E-state index in [1.807, 2.05) is 49.0 Å². The third kappa shape index (κ3) is 2.44. The lowest BCUT2D eigenvalue weighted by molar-refractivity contribution is -0.660. The molecule has 4 aromatic rings. The maximum atomic E-state index is 8.49. The fourth-order valence-corrected chi connectivity index (χ4v) is 3.63. The fourth-order valence-electron chi connectivity index (χ4n) is 3.63. The molecule has 2 heterocycles. The maximum Gasteiger partial charge on any atom is 0.216 e. The molecule has 0 radical (unpaired) electrons. The quantitative estimate of drug-likeness (QED) is 0.422. The molecule has 126 valence electrons. The Labute approximate surface area is 154 Å². The van der Waals surface area contributed by atoms with Gasteiger partial charge in [0.15, 0.2) is 6.20 Å². The van der Waals surface area contributed by atoms with Crippen molar-refractivity contribution in [2.75, 3.05) is 0 Å². The Balaban J connectivity index is 2.07. The summed E-state index contributed by atoms with van der Waals surface area (Å²) in [6, 6.07) is 13.6. The van der Waals surface area contributed by atoms with Crippen LogP contribution in [0.3, 0.4) is 0 Å². The highest BCUT2D eigenvalue weighted by molar-refractivity contribution is 6.11. The molecule has 2 aromatic heterocycles. The van der Waals surface area contributed by atoms with Gasteiger partial charge in [-0.2, -0.15) is 0 Å². The minimum atomic E-state index is -2.43. The number of nitrogens with zero attached hydrogens (tertiary/aromatic N) is 1. The van der Waals surface area contributed by atoms with Gasteiger partial charge in [0, 0.05) is 28.4 Å². The Bertz CT molecular complexity index is 1250. The zero-order valence-corrected chi connectivity index (χ0v) is 15.0. The standard InChI is InChI=1S/C23H24NO/c1-14(2)17-10-11-24(5)19(13-17)22-16(4)12-15(3)21-18-8-6-7-9-20(18)25-23(21)22/h6-14H,1-5H3/q+1/i1D3,14D. The van der Waals surface area contributed by atoms with Crippen LogP contribution in [0.1, 0.15) is 41.8 Å². The molecular formula is C23H24NO+. The van der Waals surface area contributed by atoms with Crippen molar-refractivity contribution >= 4 is 21.9 Å². The molecule has 1 unspecified atom stereocenters. The van der Waals surface area contributed by atoms with Crippen LogP contribution in [0.2, 0.25) is 0 Å². The first kappa shape index (κ1) is 11.9. The molecule has 0 aliphatic heterocycles. The van der Waals surface area contributed by atoms with E-state index >= 15 is 0 Å². The Morgan fingerprint density at radius 3 is 2.72 bits per heavy atom. The SMILES string of the molecule is [2H]C([2H])([2H])C([2H])(C)c1cc[n+](C)c(-c2c(C)cc(C)c3c2oc2ccccc23)c1. The zero-order valence-electron chi connectivity index (χ0n) is 19.0. The summed E-state index contributed by atoms with van der Waals surface area (Å²) in [5, 5.41) is 2.13. The van der Waals surface area contributed by atoms with Crippen LogP contribution in [0.25, 0.3) is 33.2 Å². The monoisotopic (exact) mass is 334 g/mol. The van der Waals surface area contributed by atoms with Gasteiger partial charge in [-0.25, -0.2) is 4.57 Å².